The second-order valence-electron chi connectivity index (χ2n) is 5.50. The minimum Gasteiger partial charge on any atom is -0.508 e. The summed E-state index contributed by atoms with van der Waals surface area (Å²) in [7, 11) is 0. The summed E-state index contributed by atoms with van der Waals surface area (Å²) in [5, 5.41) is 9.52. The molecule has 1 N–H and O–H groups in total. The van der Waals surface area contributed by atoms with E-state index in [0.717, 1.165) is 28.8 Å². The quantitative estimate of drug-likeness (QED) is 0.922. The van der Waals surface area contributed by atoms with Gasteiger partial charge in [-0.25, -0.2) is 0 Å². The first kappa shape index (κ1) is 14.1. The van der Waals surface area contributed by atoms with Gasteiger partial charge in [-0.15, -0.1) is 11.3 Å². The van der Waals surface area contributed by atoms with E-state index >= 15 is 0 Å². The van der Waals surface area contributed by atoms with Crippen LogP contribution in [0.3, 0.4) is 0 Å². The molecule has 2 heterocycles. The Labute approximate surface area is 128 Å². The van der Waals surface area contributed by atoms with Crippen molar-refractivity contribution in [1.29, 1.82) is 0 Å². The van der Waals surface area contributed by atoms with E-state index in [4.69, 9.17) is 0 Å². The summed E-state index contributed by atoms with van der Waals surface area (Å²) in [6.07, 6.45) is 1.78. The van der Waals surface area contributed by atoms with Gasteiger partial charge in [-0.3, -0.25) is 4.79 Å². The predicted molar refractivity (Wildman–Crippen MR) is 85.0 cm³/mol. The van der Waals surface area contributed by atoms with Crippen LogP contribution in [-0.4, -0.2) is 22.5 Å². The highest BCUT2D eigenvalue weighted by Gasteiger charge is 2.23. The van der Waals surface area contributed by atoms with E-state index in [2.05, 4.69) is 13.8 Å². The van der Waals surface area contributed by atoms with E-state index in [1.54, 1.807) is 17.4 Å². The van der Waals surface area contributed by atoms with E-state index in [9.17, 15) is 9.90 Å². The van der Waals surface area contributed by atoms with Gasteiger partial charge in [0, 0.05) is 18.0 Å². The minimum absolute atomic E-state index is 0.126. The molecule has 1 aromatic carbocycles. The van der Waals surface area contributed by atoms with Crippen LogP contribution in [-0.2, 0) is 19.4 Å². The molecule has 1 aliphatic heterocycles. The first-order valence-electron chi connectivity index (χ1n) is 7.28. The molecule has 3 nitrogen and oxygen atoms in total. The highest BCUT2D eigenvalue weighted by atomic mass is 32.1. The summed E-state index contributed by atoms with van der Waals surface area (Å²) in [6.45, 7) is 5.54. The van der Waals surface area contributed by atoms with Crippen molar-refractivity contribution in [3.8, 4) is 5.75 Å². The topological polar surface area (TPSA) is 40.5 Å². The zero-order valence-electron chi connectivity index (χ0n) is 12.3. The molecule has 0 fully saturated rings. The first-order chi connectivity index (χ1) is 10.1. The van der Waals surface area contributed by atoms with Crippen LogP contribution in [0, 0.1) is 6.92 Å². The number of fused-ring (bicyclic) bond motifs is 1. The third-order valence-corrected chi connectivity index (χ3v) is 5.41. The van der Waals surface area contributed by atoms with Crippen molar-refractivity contribution in [2.75, 3.05) is 6.54 Å². The maximum absolute atomic E-state index is 12.6. The average Bonchev–Trinajstić information content (AvgIpc) is 2.87. The lowest BCUT2D eigenvalue weighted by molar-refractivity contribution is 0.0739. The highest BCUT2D eigenvalue weighted by Crippen LogP contribution is 2.27. The maximum Gasteiger partial charge on any atom is 0.264 e. The molecule has 110 valence electrons. The van der Waals surface area contributed by atoms with E-state index in [-0.39, 0.29) is 5.91 Å². The van der Waals surface area contributed by atoms with Crippen molar-refractivity contribution in [2.45, 2.75) is 33.2 Å². The van der Waals surface area contributed by atoms with Crippen molar-refractivity contribution >= 4 is 17.2 Å². The van der Waals surface area contributed by atoms with E-state index < -0.39 is 0 Å². The Morgan fingerprint density at radius 3 is 2.86 bits per heavy atom. The van der Waals surface area contributed by atoms with Crippen molar-refractivity contribution in [3.63, 3.8) is 0 Å². The summed E-state index contributed by atoms with van der Waals surface area (Å²) >= 11 is 1.61. The first-order valence-corrected chi connectivity index (χ1v) is 8.09. The number of benzene rings is 1. The number of hydrogen-bond donors (Lipinski definition) is 1. The fourth-order valence-corrected chi connectivity index (χ4v) is 3.93. The molecule has 0 aliphatic carbocycles. The molecule has 0 unspecified atom stereocenters. The highest BCUT2D eigenvalue weighted by molar-refractivity contribution is 7.14. The van der Waals surface area contributed by atoms with Crippen LogP contribution in [0.4, 0.5) is 0 Å². The zero-order chi connectivity index (χ0) is 15.0. The number of aryl methyl sites for hydroxylation is 2. The molecule has 1 amide bonds. The second kappa shape index (κ2) is 5.53. The van der Waals surface area contributed by atoms with Gasteiger partial charge in [-0.1, -0.05) is 13.0 Å². The number of nitrogens with zero attached hydrogens (tertiary/aromatic N) is 1. The second-order valence-corrected chi connectivity index (χ2v) is 6.64. The van der Waals surface area contributed by atoms with E-state index in [1.807, 2.05) is 23.1 Å². The number of carbonyl (C=O) groups excluding carboxylic acids is 1. The fraction of sp³-hybridized carbons (Fsp3) is 0.353. The fourth-order valence-electron chi connectivity index (χ4n) is 2.84. The minimum atomic E-state index is 0.126. The summed E-state index contributed by atoms with van der Waals surface area (Å²) in [4.78, 5) is 16.7. The number of aromatic hydroxyl groups is 1. The Bertz CT molecular complexity index is 690. The lowest BCUT2D eigenvalue weighted by atomic mass is 9.99. The molecule has 0 spiro atoms. The molecule has 1 aromatic heterocycles. The maximum atomic E-state index is 12.6. The SMILES string of the molecule is CCc1sc(C(=O)N2CCc3cc(O)ccc3C2)cc1C. The molecule has 0 bridgehead atoms. The van der Waals surface area contributed by atoms with Crippen molar-refractivity contribution in [3.05, 3.63) is 50.7 Å². The number of hydrogen-bond acceptors (Lipinski definition) is 3. The van der Waals surface area contributed by atoms with Gasteiger partial charge in [0.15, 0.2) is 0 Å². The molecule has 2 aromatic rings. The van der Waals surface area contributed by atoms with Crippen LogP contribution >= 0.6 is 11.3 Å². The summed E-state index contributed by atoms with van der Waals surface area (Å²) in [5.41, 5.74) is 3.50. The molecule has 4 heteroatoms. The van der Waals surface area contributed by atoms with Crippen LogP contribution in [0.15, 0.2) is 24.3 Å². The Balaban J connectivity index is 1.81. The van der Waals surface area contributed by atoms with Crippen LogP contribution in [0.1, 0.15) is 38.2 Å². The van der Waals surface area contributed by atoms with Crippen LogP contribution < -0.4 is 0 Å². The molecule has 0 atom stereocenters. The van der Waals surface area contributed by atoms with Crippen LogP contribution in [0.2, 0.25) is 0 Å². The van der Waals surface area contributed by atoms with E-state index in [1.165, 1.54) is 10.4 Å². The Hall–Kier alpha value is -1.81. The standard InChI is InChI=1S/C17H19NO2S/c1-3-15-11(2)8-16(21-15)17(20)18-7-6-12-9-14(19)5-4-13(12)10-18/h4-5,8-9,19H,3,6-7,10H2,1-2H3. The molecule has 0 saturated heterocycles. The summed E-state index contributed by atoms with van der Waals surface area (Å²) < 4.78 is 0. The van der Waals surface area contributed by atoms with Crippen LogP contribution in [0.25, 0.3) is 0 Å². The lowest BCUT2D eigenvalue weighted by Crippen LogP contribution is -2.35. The largest absolute Gasteiger partial charge is 0.508 e. The molecular formula is C17H19NO2S. The molecule has 0 saturated carbocycles. The Kier molecular flexibility index (Phi) is 3.72. The van der Waals surface area contributed by atoms with Gasteiger partial charge >= 0.3 is 0 Å². The van der Waals surface area contributed by atoms with Gasteiger partial charge in [0.2, 0.25) is 0 Å². The zero-order valence-corrected chi connectivity index (χ0v) is 13.2. The predicted octanol–water partition coefficient (Wildman–Crippen LogP) is 3.52. The van der Waals surface area contributed by atoms with Crippen molar-refractivity contribution in [2.24, 2.45) is 0 Å². The van der Waals surface area contributed by atoms with Gasteiger partial charge in [-0.2, -0.15) is 0 Å². The number of thiophene rings is 1. The van der Waals surface area contributed by atoms with Gasteiger partial charge < -0.3 is 10.0 Å². The smallest absolute Gasteiger partial charge is 0.264 e. The molecule has 3 rings (SSSR count). The molecule has 0 radical (unpaired) electrons. The molecule has 1 aliphatic rings. The van der Waals surface area contributed by atoms with E-state index in [0.29, 0.717) is 18.8 Å². The van der Waals surface area contributed by atoms with Crippen molar-refractivity contribution in [1.82, 2.24) is 4.90 Å². The number of phenols is 1. The number of phenolic OH excluding ortho intramolecular Hbond substituents is 1. The van der Waals surface area contributed by atoms with Gasteiger partial charge in [0.25, 0.3) is 5.91 Å². The summed E-state index contributed by atoms with van der Waals surface area (Å²) in [5.74, 6) is 0.427. The number of amides is 1. The average molecular weight is 301 g/mol. The van der Waals surface area contributed by atoms with Crippen LogP contribution in [0.5, 0.6) is 5.75 Å². The normalized spacial score (nSPS) is 14.1. The Morgan fingerprint density at radius 2 is 2.14 bits per heavy atom. The van der Waals surface area contributed by atoms with Gasteiger partial charge in [-0.05, 0) is 54.7 Å². The lowest BCUT2D eigenvalue weighted by Gasteiger charge is -2.28. The Morgan fingerprint density at radius 1 is 1.33 bits per heavy atom. The third kappa shape index (κ3) is 2.68. The molecule has 21 heavy (non-hydrogen) atoms. The van der Waals surface area contributed by atoms with Gasteiger partial charge in [0.1, 0.15) is 5.75 Å². The monoisotopic (exact) mass is 301 g/mol. The number of carbonyl (C=O) groups is 1. The summed E-state index contributed by atoms with van der Waals surface area (Å²) in [6, 6.07) is 7.43. The molecular weight excluding hydrogens is 282 g/mol. The van der Waals surface area contributed by atoms with Gasteiger partial charge in [0.05, 0.1) is 4.88 Å². The van der Waals surface area contributed by atoms with Crippen molar-refractivity contribution < 1.29 is 9.90 Å². The third-order valence-electron chi connectivity index (χ3n) is 4.04. The number of rotatable bonds is 2.